The van der Waals surface area contributed by atoms with Crippen molar-refractivity contribution in [1.29, 1.82) is 0 Å². The highest BCUT2D eigenvalue weighted by atomic mass is 19.4. The summed E-state index contributed by atoms with van der Waals surface area (Å²) in [7, 11) is 1.18. The van der Waals surface area contributed by atoms with E-state index in [0.29, 0.717) is 0 Å². The molecule has 0 radical (unpaired) electrons. The van der Waals surface area contributed by atoms with Gasteiger partial charge in [-0.05, 0) is 0 Å². The molecular formula is C7H8F3N5O3. The van der Waals surface area contributed by atoms with Gasteiger partial charge in [-0.15, -0.1) is 4.98 Å². The summed E-state index contributed by atoms with van der Waals surface area (Å²) in [5.41, 5.74) is 4.80. The van der Waals surface area contributed by atoms with Gasteiger partial charge in [0.25, 0.3) is 0 Å². The number of hydrogen-bond donors (Lipinski definition) is 2. The second kappa shape index (κ2) is 5.33. The van der Waals surface area contributed by atoms with Crippen molar-refractivity contribution in [2.24, 2.45) is 5.73 Å². The van der Waals surface area contributed by atoms with E-state index in [-0.39, 0.29) is 12.0 Å². The lowest BCUT2D eigenvalue weighted by molar-refractivity contribution is -0.154. The molecule has 0 atom stereocenters. The first-order valence-electron chi connectivity index (χ1n) is 4.36. The van der Waals surface area contributed by atoms with E-state index in [4.69, 9.17) is 5.73 Å². The smallest absolute Gasteiger partial charge is 0.422 e. The van der Waals surface area contributed by atoms with E-state index < -0.39 is 24.8 Å². The SMILES string of the molecule is COc1nc(NC(N)=O)nc(OCC(F)(F)F)n1. The van der Waals surface area contributed by atoms with Crippen LogP contribution in [0.1, 0.15) is 0 Å². The predicted molar refractivity (Wildman–Crippen MR) is 51.1 cm³/mol. The maximum atomic E-state index is 11.9. The number of nitrogens with two attached hydrogens (primary N) is 1. The van der Waals surface area contributed by atoms with Crippen molar-refractivity contribution in [3.63, 3.8) is 0 Å². The third kappa shape index (κ3) is 4.67. The molecule has 0 bridgehead atoms. The second-order valence-corrected chi connectivity index (χ2v) is 2.82. The van der Waals surface area contributed by atoms with Crippen LogP contribution >= 0.6 is 0 Å². The average molecular weight is 267 g/mol. The second-order valence-electron chi connectivity index (χ2n) is 2.82. The van der Waals surface area contributed by atoms with Crippen molar-refractivity contribution < 1.29 is 27.4 Å². The lowest BCUT2D eigenvalue weighted by atomic mass is 10.7. The minimum Gasteiger partial charge on any atom is -0.467 e. The van der Waals surface area contributed by atoms with Crippen LogP contribution < -0.4 is 20.5 Å². The zero-order chi connectivity index (χ0) is 13.8. The van der Waals surface area contributed by atoms with Crippen LogP contribution in [0.25, 0.3) is 0 Å². The summed E-state index contributed by atoms with van der Waals surface area (Å²) in [5.74, 6) is -0.383. The predicted octanol–water partition coefficient (Wildman–Crippen LogP) is 0.312. The van der Waals surface area contributed by atoms with Gasteiger partial charge >= 0.3 is 24.2 Å². The Balaban J connectivity index is 2.86. The molecule has 1 rings (SSSR count). The highest BCUT2D eigenvalue weighted by Crippen LogP contribution is 2.18. The van der Waals surface area contributed by atoms with E-state index in [2.05, 4.69) is 24.4 Å². The molecule has 0 aliphatic heterocycles. The molecule has 3 N–H and O–H groups in total. The molecule has 11 heteroatoms. The molecule has 0 aliphatic carbocycles. The van der Waals surface area contributed by atoms with Crippen molar-refractivity contribution in [3.8, 4) is 12.0 Å². The van der Waals surface area contributed by atoms with Crippen LogP contribution in [-0.4, -0.2) is 40.9 Å². The zero-order valence-electron chi connectivity index (χ0n) is 8.98. The van der Waals surface area contributed by atoms with Crippen molar-refractivity contribution in [2.45, 2.75) is 6.18 Å². The lowest BCUT2D eigenvalue weighted by Crippen LogP contribution is -2.23. The number of rotatable bonds is 4. The first-order chi connectivity index (χ1) is 8.30. The molecule has 0 fully saturated rings. The first-order valence-corrected chi connectivity index (χ1v) is 4.36. The molecule has 100 valence electrons. The fourth-order valence-corrected chi connectivity index (χ4v) is 0.806. The fraction of sp³-hybridized carbons (Fsp3) is 0.429. The summed E-state index contributed by atoms with van der Waals surface area (Å²) < 4.78 is 44.6. The third-order valence-corrected chi connectivity index (χ3v) is 1.38. The van der Waals surface area contributed by atoms with Crippen molar-refractivity contribution >= 4 is 12.0 Å². The summed E-state index contributed by atoms with van der Waals surface area (Å²) >= 11 is 0. The van der Waals surface area contributed by atoms with E-state index in [0.717, 1.165) is 0 Å². The Morgan fingerprint density at radius 3 is 2.44 bits per heavy atom. The molecule has 18 heavy (non-hydrogen) atoms. The summed E-state index contributed by atoms with van der Waals surface area (Å²) in [6.07, 6.45) is -4.54. The lowest BCUT2D eigenvalue weighted by Gasteiger charge is -2.09. The molecule has 0 unspecified atom stereocenters. The maximum Gasteiger partial charge on any atom is 0.422 e. The number of halogens is 3. The van der Waals surface area contributed by atoms with E-state index in [1.54, 1.807) is 0 Å². The quantitative estimate of drug-likeness (QED) is 0.811. The molecule has 0 spiro atoms. The number of primary amides is 1. The molecule has 8 nitrogen and oxygen atoms in total. The number of amides is 2. The van der Waals surface area contributed by atoms with Gasteiger partial charge in [0.05, 0.1) is 7.11 Å². The number of anilines is 1. The number of carbonyl (C=O) groups excluding carboxylic acids is 1. The van der Waals surface area contributed by atoms with Crippen LogP contribution in [-0.2, 0) is 0 Å². The number of urea groups is 1. The van der Waals surface area contributed by atoms with Gasteiger partial charge < -0.3 is 15.2 Å². The van der Waals surface area contributed by atoms with Gasteiger partial charge in [-0.1, -0.05) is 0 Å². The van der Waals surface area contributed by atoms with E-state index >= 15 is 0 Å². The Bertz CT molecular complexity index is 439. The number of aromatic nitrogens is 3. The van der Waals surface area contributed by atoms with E-state index in [9.17, 15) is 18.0 Å². The van der Waals surface area contributed by atoms with Gasteiger partial charge in [0.15, 0.2) is 6.61 Å². The number of ether oxygens (including phenoxy) is 2. The largest absolute Gasteiger partial charge is 0.467 e. The first kappa shape index (κ1) is 13.7. The van der Waals surface area contributed by atoms with Gasteiger partial charge in [-0.2, -0.15) is 23.1 Å². The minimum absolute atomic E-state index is 0.328. The summed E-state index contributed by atoms with van der Waals surface area (Å²) in [5, 5.41) is 1.95. The normalized spacial score (nSPS) is 10.9. The molecular weight excluding hydrogens is 259 g/mol. The molecule has 0 saturated heterocycles. The van der Waals surface area contributed by atoms with Crippen molar-refractivity contribution in [2.75, 3.05) is 19.0 Å². The molecule has 1 heterocycles. The zero-order valence-corrected chi connectivity index (χ0v) is 8.98. The van der Waals surface area contributed by atoms with Crippen LogP contribution in [0, 0.1) is 0 Å². The molecule has 0 aromatic carbocycles. The Hall–Kier alpha value is -2.33. The standard InChI is InChI=1S/C7H8F3N5O3/c1-17-5-13-4(12-3(11)16)14-6(15-5)18-2-7(8,9)10/h2H2,1H3,(H3,11,12,13,14,15,16). The third-order valence-electron chi connectivity index (χ3n) is 1.38. The minimum atomic E-state index is -4.54. The van der Waals surface area contributed by atoms with Crippen LogP contribution in [0.3, 0.4) is 0 Å². The average Bonchev–Trinajstić information content (AvgIpc) is 2.24. The van der Waals surface area contributed by atoms with Gasteiger partial charge in [0, 0.05) is 0 Å². The number of methoxy groups -OCH3 is 1. The van der Waals surface area contributed by atoms with Gasteiger partial charge in [-0.25, -0.2) is 4.79 Å². The fourth-order valence-electron chi connectivity index (χ4n) is 0.806. The van der Waals surface area contributed by atoms with Crippen LogP contribution in [0.15, 0.2) is 0 Å². The Morgan fingerprint density at radius 1 is 1.33 bits per heavy atom. The monoisotopic (exact) mass is 267 g/mol. The van der Waals surface area contributed by atoms with Gasteiger partial charge in [0.2, 0.25) is 5.95 Å². The van der Waals surface area contributed by atoms with Crippen LogP contribution in [0.2, 0.25) is 0 Å². The number of alkyl halides is 3. The van der Waals surface area contributed by atoms with E-state index in [1.807, 2.05) is 5.32 Å². The molecule has 0 aliphatic rings. The summed E-state index contributed by atoms with van der Waals surface area (Å²) in [6.45, 7) is -1.59. The highest BCUT2D eigenvalue weighted by molar-refractivity contribution is 5.85. The number of nitrogens with one attached hydrogen (secondary N) is 1. The Morgan fingerprint density at radius 2 is 1.94 bits per heavy atom. The van der Waals surface area contributed by atoms with Crippen molar-refractivity contribution in [1.82, 2.24) is 15.0 Å². The summed E-state index contributed by atoms with van der Waals surface area (Å²) in [6, 6.07) is -1.97. The van der Waals surface area contributed by atoms with Crippen molar-refractivity contribution in [3.05, 3.63) is 0 Å². The molecule has 1 aromatic rings. The Labute approximate surface area is 98.3 Å². The molecule has 2 amide bonds. The van der Waals surface area contributed by atoms with E-state index in [1.165, 1.54) is 7.11 Å². The van der Waals surface area contributed by atoms with Crippen LogP contribution in [0.5, 0.6) is 12.0 Å². The molecule has 1 aromatic heterocycles. The maximum absolute atomic E-state index is 11.9. The summed E-state index contributed by atoms with van der Waals surface area (Å²) in [4.78, 5) is 20.9. The Kier molecular flexibility index (Phi) is 4.07. The number of hydrogen-bond acceptors (Lipinski definition) is 6. The molecule has 0 saturated carbocycles. The topological polar surface area (TPSA) is 112 Å². The van der Waals surface area contributed by atoms with Crippen LogP contribution in [0.4, 0.5) is 23.9 Å². The van der Waals surface area contributed by atoms with Gasteiger partial charge in [-0.3, -0.25) is 5.32 Å². The number of nitrogens with zero attached hydrogens (tertiary/aromatic N) is 3. The van der Waals surface area contributed by atoms with Gasteiger partial charge in [0.1, 0.15) is 0 Å². The highest BCUT2D eigenvalue weighted by Gasteiger charge is 2.29. The number of carbonyl (C=O) groups is 1.